The van der Waals surface area contributed by atoms with Crippen molar-refractivity contribution in [3.8, 4) is 0 Å². The summed E-state index contributed by atoms with van der Waals surface area (Å²) in [6, 6.07) is 2.21. The molecule has 0 fully saturated rings. The van der Waals surface area contributed by atoms with Crippen LogP contribution in [0.2, 0.25) is 4.34 Å². The zero-order chi connectivity index (χ0) is 10.4. The number of thiophene rings is 1. The van der Waals surface area contributed by atoms with Crippen LogP contribution >= 0.6 is 22.9 Å². The van der Waals surface area contributed by atoms with Gasteiger partial charge in [0.2, 0.25) is 0 Å². The lowest BCUT2D eigenvalue weighted by Crippen LogP contribution is -2.22. The molecule has 1 rings (SSSR count). The first-order valence-electron chi connectivity index (χ1n) is 4.86. The van der Waals surface area contributed by atoms with Crippen LogP contribution in [0, 0.1) is 0 Å². The third-order valence-corrected chi connectivity index (χ3v) is 3.16. The Labute approximate surface area is 93.9 Å². The zero-order valence-corrected chi connectivity index (χ0v) is 9.87. The fourth-order valence-electron chi connectivity index (χ4n) is 1.34. The summed E-state index contributed by atoms with van der Waals surface area (Å²) in [6.45, 7) is 3.30. The average molecular weight is 234 g/mol. The molecule has 1 atom stereocenters. The highest BCUT2D eigenvalue weighted by atomic mass is 35.5. The van der Waals surface area contributed by atoms with Crippen LogP contribution in [-0.2, 0) is 0 Å². The minimum atomic E-state index is 0.203. The Bertz CT molecular complexity index is 264. The Balaban J connectivity index is 2.57. The molecule has 14 heavy (non-hydrogen) atoms. The Morgan fingerprint density at radius 3 is 2.93 bits per heavy atom. The van der Waals surface area contributed by atoms with Crippen molar-refractivity contribution in [1.29, 1.82) is 0 Å². The van der Waals surface area contributed by atoms with Gasteiger partial charge >= 0.3 is 0 Å². The summed E-state index contributed by atoms with van der Waals surface area (Å²) in [6.07, 6.45) is 1.84. The number of rotatable bonds is 6. The fourth-order valence-corrected chi connectivity index (χ4v) is 2.29. The topological polar surface area (TPSA) is 32.3 Å². The molecule has 1 unspecified atom stereocenters. The van der Waals surface area contributed by atoms with Crippen LogP contribution in [0.25, 0.3) is 0 Å². The maximum Gasteiger partial charge on any atom is 0.0931 e. The van der Waals surface area contributed by atoms with Gasteiger partial charge in [0.1, 0.15) is 0 Å². The lowest BCUT2D eigenvalue weighted by molar-refractivity contribution is 0.266. The largest absolute Gasteiger partial charge is 0.396 e. The van der Waals surface area contributed by atoms with E-state index in [1.165, 1.54) is 16.9 Å². The predicted octanol–water partition coefficient (Wildman–Crippen LogP) is 2.82. The molecule has 2 nitrogen and oxygen atoms in total. The molecule has 0 aliphatic carbocycles. The molecule has 0 radical (unpaired) electrons. The number of nitrogens with one attached hydrogen (secondary N) is 1. The van der Waals surface area contributed by atoms with E-state index in [0.29, 0.717) is 0 Å². The van der Waals surface area contributed by atoms with Gasteiger partial charge in [-0.2, -0.15) is 0 Å². The van der Waals surface area contributed by atoms with Gasteiger partial charge in [0.25, 0.3) is 0 Å². The van der Waals surface area contributed by atoms with Gasteiger partial charge in [0.05, 0.1) is 4.34 Å². The van der Waals surface area contributed by atoms with Crippen molar-refractivity contribution in [3.05, 3.63) is 21.3 Å². The van der Waals surface area contributed by atoms with Gasteiger partial charge in [-0.1, -0.05) is 18.5 Å². The van der Waals surface area contributed by atoms with Crippen LogP contribution in [0.15, 0.2) is 11.4 Å². The molecule has 2 N–H and O–H groups in total. The third kappa shape index (κ3) is 3.58. The molecular formula is C10H16ClNOS. The highest BCUT2D eigenvalue weighted by molar-refractivity contribution is 7.14. The molecule has 80 valence electrons. The quantitative estimate of drug-likeness (QED) is 0.792. The lowest BCUT2D eigenvalue weighted by atomic mass is 10.1. The zero-order valence-electron chi connectivity index (χ0n) is 8.29. The van der Waals surface area contributed by atoms with Crippen molar-refractivity contribution in [2.75, 3.05) is 13.2 Å². The van der Waals surface area contributed by atoms with Crippen molar-refractivity contribution in [2.45, 2.75) is 25.8 Å². The Morgan fingerprint density at radius 2 is 2.43 bits per heavy atom. The molecule has 1 aromatic heterocycles. The summed E-state index contributed by atoms with van der Waals surface area (Å²) in [7, 11) is 0. The molecule has 0 amide bonds. The summed E-state index contributed by atoms with van der Waals surface area (Å²) >= 11 is 7.40. The molecule has 0 bridgehead atoms. The summed E-state index contributed by atoms with van der Waals surface area (Å²) < 4.78 is 0.807. The molecule has 1 heterocycles. The average Bonchev–Trinajstić information content (AvgIpc) is 2.59. The number of aliphatic hydroxyl groups excluding tert-OH is 1. The van der Waals surface area contributed by atoms with Gasteiger partial charge in [-0.3, -0.25) is 0 Å². The van der Waals surface area contributed by atoms with E-state index in [0.717, 1.165) is 23.7 Å². The van der Waals surface area contributed by atoms with Crippen LogP contribution in [0.1, 0.15) is 31.4 Å². The minimum absolute atomic E-state index is 0.203. The lowest BCUT2D eigenvalue weighted by Gasteiger charge is -2.15. The first-order valence-corrected chi connectivity index (χ1v) is 6.11. The molecule has 0 aliphatic rings. The van der Waals surface area contributed by atoms with E-state index in [1.54, 1.807) is 0 Å². The van der Waals surface area contributed by atoms with Crippen molar-refractivity contribution in [3.63, 3.8) is 0 Å². The van der Waals surface area contributed by atoms with Gasteiger partial charge in [-0.15, -0.1) is 11.3 Å². The highest BCUT2D eigenvalue weighted by Crippen LogP contribution is 2.26. The molecular weight excluding hydrogens is 218 g/mol. The standard InChI is InChI=1S/C10H16ClNOS/c1-2-4-12-9(3-5-13)8-6-10(11)14-7-8/h6-7,9,12-13H,2-5H2,1H3. The monoisotopic (exact) mass is 233 g/mol. The third-order valence-electron chi connectivity index (χ3n) is 2.05. The summed E-state index contributed by atoms with van der Waals surface area (Å²) in [4.78, 5) is 0. The van der Waals surface area contributed by atoms with Crippen molar-refractivity contribution in [1.82, 2.24) is 5.32 Å². The van der Waals surface area contributed by atoms with E-state index in [2.05, 4.69) is 12.2 Å². The van der Waals surface area contributed by atoms with Gasteiger partial charge in [0.15, 0.2) is 0 Å². The van der Waals surface area contributed by atoms with Crippen molar-refractivity contribution < 1.29 is 5.11 Å². The predicted molar refractivity (Wildman–Crippen MR) is 62.1 cm³/mol. The molecule has 0 aliphatic heterocycles. The van der Waals surface area contributed by atoms with Crippen LogP contribution < -0.4 is 5.32 Å². The van der Waals surface area contributed by atoms with Crippen LogP contribution in [0.3, 0.4) is 0 Å². The van der Waals surface area contributed by atoms with Crippen molar-refractivity contribution in [2.24, 2.45) is 0 Å². The molecule has 0 spiro atoms. The van der Waals surface area contributed by atoms with Gasteiger partial charge in [-0.05, 0) is 36.4 Å². The minimum Gasteiger partial charge on any atom is -0.396 e. The Kier molecular flexibility index (Phi) is 5.48. The number of aliphatic hydroxyl groups is 1. The summed E-state index contributed by atoms with van der Waals surface area (Å²) in [5.74, 6) is 0. The molecule has 0 aromatic carbocycles. The van der Waals surface area contributed by atoms with E-state index in [1.807, 2.05) is 11.4 Å². The highest BCUT2D eigenvalue weighted by Gasteiger charge is 2.11. The maximum atomic E-state index is 8.93. The number of halogens is 1. The fraction of sp³-hybridized carbons (Fsp3) is 0.600. The molecule has 0 saturated carbocycles. The first kappa shape index (κ1) is 12.0. The van der Waals surface area contributed by atoms with Crippen LogP contribution in [0.5, 0.6) is 0 Å². The van der Waals surface area contributed by atoms with E-state index < -0.39 is 0 Å². The van der Waals surface area contributed by atoms with Crippen LogP contribution in [0.4, 0.5) is 0 Å². The normalized spacial score (nSPS) is 13.1. The van der Waals surface area contributed by atoms with Crippen molar-refractivity contribution >= 4 is 22.9 Å². The van der Waals surface area contributed by atoms with E-state index >= 15 is 0 Å². The maximum absolute atomic E-state index is 8.93. The van der Waals surface area contributed by atoms with Gasteiger partial charge in [0, 0.05) is 12.6 Å². The second kappa shape index (κ2) is 6.40. The Morgan fingerprint density at radius 1 is 1.64 bits per heavy atom. The Hall–Kier alpha value is -0.0900. The SMILES string of the molecule is CCCNC(CCO)c1csc(Cl)c1. The van der Waals surface area contributed by atoms with E-state index in [9.17, 15) is 0 Å². The second-order valence-electron chi connectivity index (χ2n) is 3.20. The first-order chi connectivity index (χ1) is 6.77. The smallest absolute Gasteiger partial charge is 0.0931 e. The van der Waals surface area contributed by atoms with Crippen LogP contribution in [-0.4, -0.2) is 18.3 Å². The number of hydrogen-bond donors (Lipinski definition) is 2. The van der Waals surface area contributed by atoms with Gasteiger partial charge < -0.3 is 10.4 Å². The summed E-state index contributed by atoms with van der Waals surface area (Å²) in [5.41, 5.74) is 1.18. The van der Waals surface area contributed by atoms with E-state index in [4.69, 9.17) is 16.7 Å². The van der Waals surface area contributed by atoms with E-state index in [-0.39, 0.29) is 12.6 Å². The second-order valence-corrected chi connectivity index (χ2v) is 4.75. The molecule has 1 aromatic rings. The van der Waals surface area contributed by atoms with Gasteiger partial charge in [-0.25, -0.2) is 0 Å². The number of hydrogen-bond acceptors (Lipinski definition) is 3. The summed E-state index contributed by atoms with van der Waals surface area (Å²) in [5, 5.41) is 14.4. The molecule has 0 saturated heterocycles. The molecule has 4 heteroatoms.